The van der Waals surface area contributed by atoms with Crippen LogP contribution in [0, 0.1) is 0 Å². The van der Waals surface area contributed by atoms with E-state index < -0.39 is 0 Å². The molecule has 0 saturated heterocycles. The molecule has 8 nitrogen and oxygen atoms in total. The Bertz CT molecular complexity index is 420. The highest BCUT2D eigenvalue weighted by Crippen LogP contribution is 2.09. The normalized spacial score (nSPS) is 12.3. The predicted octanol–water partition coefficient (Wildman–Crippen LogP) is -0.586. The van der Waals surface area contributed by atoms with Crippen molar-refractivity contribution in [2.75, 3.05) is 0 Å². The summed E-state index contributed by atoms with van der Waals surface area (Å²) in [7, 11) is 0. The van der Waals surface area contributed by atoms with Crippen LogP contribution >= 0.6 is 0 Å². The van der Waals surface area contributed by atoms with Crippen molar-refractivity contribution in [3.05, 3.63) is 23.8 Å². The van der Waals surface area contributed by atoms with Crippen LogP contribution in [0.4, 0.5) is 0 Å². The fraction of sp³-hybridized carbons (Fsp3) is 0.286. The number of amides is 1. The van der Waals surface area contributed by atoms with Gasteiger partial charge in [0.15, 0.2) is 0 Å². The van der Waals surface area contributed by atoms with Crippen molar-refractivity contribution in [3.8, 4) is 0 Å². The quantitative estimate of drug-likeness (QED) is 0.623. The summed E-state index contributed by atoms with van der Waals surface area (Å²) in [6.07, 6.45) is 3.35. The Morgan fingerprint density at radius 2 is 2.47 bits per heavy atom. The molecule has 78 valence electrons. The highest BCUT2D eigenvalue weighted by Gasteiger charge is 2.15. The summed E-state index contributed by atoms with van der Waals surface area (Å²) >= 11 is 0. The summed E-state index contributed by atoms with van der Waals surface area (Å²) in [5, 5.41) is 21.8. The number of aromatic amines is 2. The Labute approximate surface area is 84.5 Å². The molecule has 2 aromatic rings. The van der Waals surface area contributed by atoms with Crippen LogP contribution in [0.25, 0.3) is 0 Å². The van der Waals surface area contributed by atoms with E-state index in [1.54, 1.807) is 12.4 Å². The van der Waals surface area contributed by atoms with E-state index in [-0.39, 0.29) is 17.8 Å². The number of nitrogens with one attached hydrogen (secondary N) is 3. The van der Waals surface area contributed by atoms with Crippen molar-refractivity contribution in [2.24, 2.45) is 0 Å². The smallest absolute Gasteiger partial charge is 0.293 e. The third-order valence-electron chi connectivity index (χ3n) is 1.92. The van der Waals surface area contributed by atoms with Gasteiger partial charge in [-0.15, -0.1) is 10.2 Å². The van der Waals surface area contributed by atoms with Crippen LogP contribution in [-0.4, -0.2) is 36.7 Å². The van der Waals surface area contributed by atoms with Gasteiger partial charge in [0, 0.05) is 11.8 Å². The van der Waals surface area contributed by atoms with Crippen molar-refractivity contribution in [3.63, 3.8) is 0 Å². The van der Waals surface area contributed by atoms with E-state index in [0.717, 1.165) is 5.56 Å². The number of H-pyrrole nitrogens is 2. The summed E-state index contributed by atoms with van der Waals surface area (Å²) in [5.41, 5.74) is 0.881. The van der Waals surface area contributed by atoms with Crippen molar-refractivity contribution in [1.29, 1.82) is 0 Å². The second kappa shape index (κ2) is 3.86. The average molecular weight is 207 g/mol. The molecule has 15 heavy (non-hydrogen) atoms. The molecule has 3 N–H and O–H groups in total. The molecule has 0 aliphatic carbocycles. The predicted molar refractivity (Wildman–Crippen MR) is 48.6 cm³/mol. The van der Waals surface area contributed by atoms with Crippen molar-refractivity contribution in [1.82, 2.24) is 36.1 Å². The minimum Gasteiger partial charge on any atom is -0.343 e. The Balaban J connectivity index is 2.01. The molecule has 0 aliphatic rings. The Hall–Kier alpha value is -2.25. The number of nitrogens with zero attached hydrogens (tertiary/aromatic N) is 4. The molecule has 0 aliphatic heterocycles. The van der Waals surface area contributed by atoms with Crippen LogP contribution in [0.2, 0.25) is 0 Å². The topological polar surface area (TPSA) is 112 Å². The summed E-state index contributed by atoms with van der Waals surface area (Å²) in [4.78, 5) is 11.5. The Kier molecular flexibility index (Phi) is 2.40. The average Bonchev–Trinajstić information content (AvgIpc) is 2.91. The lowest BCUT2D eigenvalue weighted by Crippen LogP contribution is -2.27. The molecule has 2 heterocycles. The number of tetrazole rings is 1. The molecular weight excluding hydrogens is 198 g/mol. The Morgan fingerprint density at radius 1 is 1.60 bits per heavy atom. The third kappa shape index (κ3) is 1.98. The highest BCUT2D eigenvalue weighted by atomic mass is 16.2. The summed E-state index contributed by atoms with van der Waals surface area (Å²) in [6.45, 7) is 1.84. The fourth-order valence-corrected chi connectivity index (χ4v) is 1.10. The molecule has 1 amide bonds. The number of rotatable bonds is 3. The molecule has 0 spiro atoms. The molecular formula is C7H9N7O. The van der Waals surface area contributed by atoms with Gasteiger partial charge in [-0.2, -0.15) is 10.3 Å². The van der Waals surface area contributed by atoms with Crippen LogP contribution in [0.5, 0.6) is 0 Å². The van der Waals surface area contributed by atoms with Crippen LogP contribution in [0.1, 0.15) is 29.1 Å². The van der Waals surface area contributed by atoms with Gasteiger partial charge in [-0.25, -0.2) is 0 Å². The van der Waals surface area contributed by atoms with Gasteiger partial charge >= 0.3 is 0 Å². The van der Waals surface area contributed by atoms with Gasteiger partial charge in [0.05, 0.1) is 12.2 Å². The Morgan fingerprint density at radius 3 is 3.07 bits per heavy atom. The molecule has 0 fully saturated rings. The first-order chi connectivity index (χ1) is 7.27. The van der Waals surface area contributed by atoms with Gasteiger partial charge in [0.25, 0.3) is 11.7 Å². The number of hydrogen-bond donors (Lipinski definition) is 3. The van der Waals surface area contributed by atoms with Crippen molar-refractivity contribution in [2.45, 2.75) is 13.0 Å². The maximum atomic E-state index is 11.5. The van der Waals surface area contributed by atoms with Crippen molar-refractivity contribution < 1.29 is 4.79 Å². The zero-order valence-electron chi connectivity index (χ0n) is 7.93. The van der Waals surface area contributed by atoms with Gasteiger partial charge in [0.1, 0.15) is 0 Å². The van der Waals surface area contributed by atoms with E-state index >= 15 is 0 Å². The number of carbonyl (C=O) groups is 1. The van der Waals surface area contributed by atoms with E-state index in [1.165, 1.54) is 0 Å². The number of carbonyl (C=O) groups excluding carboxylic acids is 1. The first-order valence-electron chi connectivity index (χ1n) is 4.30. The van der Waals surface area contributed by atoms with Crippen molar-refractivity contribution >= 4 is 5.91 Å². The molecule has 0 aromatic carbocycles. The fourth-order valence-electron chi connectivity index (χ4n) is 1.10. The molecule has 0 radical (unpaired) electrons. The molecule has 2 aromatic heterocycles. The van der Waals surface area contributed by atoms with E-state index in [0.29, 0.717) is 0 Å². The molecule has 8 heteroatoms. The number of aromatic nitrogens is 6. The lowest BCUT2D eigenvalue weighted by Gasteiger charge is -2.09. The lowest BCUT2D eigenvalue weighted by molar-refractivity contribution is 0.0929. The standard InChI is InChI=1S/C7H9N7O/c1-4(5-2-8-9-3-5)10-7(15)6-11-13-14-12-6/h2-4H,1H3,(H,8,9)(H,10,15)(H,11,12,13,14). The SMILES string of the molecule is CC(NC(=O)c1nn[nH]n1)c1cn[nH]c1. The van der Waals surface area contributed by atoms with Crippen LogP contribution in [-0.2, 0) is 0 Å². The second-order valence-electron chi connectivity index (χ2n) is 2.96. The van der Waals surface area contributed by atoms with Gasteiger partial charge in [-0.05, 0) is 12.1 Å². The lowest BCUT2D eigenvalue weighted by atomic mass is 10.2. The molecule has 2 rings (SSSR count). The van der Waals surface area contributed by atoms with Gasteiger partial charge in [0.2, 0.25) is 0 Å². The minimum atomic E-state index is -0.377. The van der Waals surface area contributed by atoms with Gasteiger partial charge < -0.3 is 5.32 Å². The minimum absolute atomic E-state index is 0.0188. The zero-order chi connectivity index (χ0) is 10.7. The first-order valence-corrected chi connectivity index (χ1v) is 4.30. The highest BCUT2D eigenvalue weighted by molar-refractivity contribution is 5.90. The summed E-state index contributed by atoms with van der Waals surface area (Å²) in [6, 6.07) is -0.158. The third-order valence-corrected chi connectivity index (χ3v) is 1.92. The van der Waals surface area contributed by atoms with Crippen LogP contribution in [0.3, 0.4) is 0 Å². The van der Waals surface area contributed by atoms with Gasteiger partial charge in [-0.1, -0.05) is 0 Å². The molecule has 1 atom stereocenters. The summed E-state index contributed by atoms with van der Waals surface area (Å²) < 4.78 is 0. The molecule has 1 unspecified atom stereocenters. The largest absolute Gasteiger partial charge is 0.343 e. The van der Waals surface area contributed by atoms with E-state index in [2.05, 4.69) is 36.1 Å². The second-order valence-corrected chi connectivity index (χ2v) is 2.96. The van der Waals surface area contributed by atoms with Crippen LogP contribution in [0.15, 0.2) is 12.4 Å². The monoisotopic (exact) mass is 207 g/mol. The molecule has 0 saturated carbocycles. The number of hydrogen-bond acceptors (Lipinski definition) is 5. The van der Waals surface area contributed by atoms with Crippen LogP contribution < -0.4 is 5.32 Å². The van der Waals surface area contributed by atoms with E-state index in [9.17, 15) is 4.79 Å². The zero-order valence-corrected chi connectivity index (χ0v) is 7.93. The van der Waals surface area contributed by atoms with Gasteiger partial charge in [-0.3, -0.25) is 9.89 Å². The molecule has 0 bridgehead atoms. The maximum Gasteiger partial charge on any atom is 0.293 e. The maximum absolute atomic E-state index is 11.5. The van der Waals surface area contributed by atoms with E-state index in [1.807, 2.05) is 6.92 Å². The summed E-state index contributed by atoms with van der Waals surface area (Å²) in [5.74, 6) is -0.359. The van der Waals surface area contributed by atoms with E-state index in [4.69, 9.17) is 0 Å². The first kappa shape index (κ1) is 9.31.